The molecule has 5 nitrogen and oxygen atoms in total. The van der Waals surface area contributed by atoms with Crippen LogP contribution >= 0.6 is 27.3 Å². The van der Waals surface area contributed by atoms with Gasteiger partial charge in [-0.2, -0.15) is 0 Å². The number of hydrogen-bond donors (Lipinski definition) is 1. The van der Waals surface area contributed by atoms with Crippen molar-refractivity contribution >= 4 is 38.4 Å². The molecule has 3 rings (SSSR count). The Bertz CT molecular complexity index is 663. The number of anilines is 1. The fraction of sp³-hybridized carbons (Fsp3) is 0.333. The van der Waals surface area contributed by atoms with Gasteiger partial charge in [-0.3, -0.25) is 0 Å². The molecule has 0 bridgehead atoms. The molecule has 0 unspecified atom stereocenters. The van der Waals surface area contributed by atoms with Crippen molar-refractivity contribution in [2.75, 3.05) is 31.1 Å². The summed E-state index contributed by atoms with van der Waals surface area (Å²) in [6.45, 7) is 3.73. The summed E-state index contributed by atoms with van der Waals surface area (Å²) in [6.07, 6.45) is 1.82. The van der Waals surface area contributed by atoms with Crippen LogP contribution in [0.5, 0.6) is 0 Å². The number of rotatable bonds is 3. The number of thiazole rings is 1. The predicted molar refractivity (Wildman–Crippen MR) is 95.3 cm³/mol. The van der Waals surface area contributed by atoms with E-state index < -0.39 is 0 Å². The van der Waals surface area contributed by atoms with Crippen molar-refractivity contribution in [3.8, 4) is 0 Å². The normalized spacial score (nSPS) is 16.0. The first-order valence-electron chi connectivity index (χ1n) is 7.26. The number of benzene rings is 1. The fourth-order valence-electron chi connectivity index (χ4n) is 2.47. The van der Waals surface area contributed by atoms with Crippen molar-refractivity contribution in [1.29, 1.82) is 0 Å². The average Bonchev–Trinajstić information content (AvgIpc) is 3.06. The molecule has 1 saturated heterocycles. The van der Waals surface area contributed by atoms with Crippen LogP contribution < -0.4 is 10.6 Å². The van der Waals surface area contributed by atoms with Gasteiger partial charge in [0.1, 0.15) is 5.82 Å². The molecule has 0 saturated carbocycles. The monoisotopic (exact) mass is 397 g/mol. The van der Waals surface area contributed by atoms with Crippen LogP contribution in [0.2, 0.25) is 0 Å². The molecule has 2 N–H and O–H groups in total. The van der Waals surface area contributed by atoms with Crippen molar-refractivity contribution in [3.05, 3.63) is 45.6 Å². The molecule has 0 amide bonds. The molecule has 2 aromatic rings. The van der Waals surface area contributed by atoms with E-state index in [1.54, 1.807) is 11.3 Å². The van der Waals surface area contributed by atoms with E-state index >= 15 is 0 Å². The number of halogens is 2. The number of piperazine rings is 1. The summed E-state index contributed by atoms with van der Waals surface area (Å²) in [4.78, 5) is 13.0. The van der Waals surface area contributed by atoms with E-state index in [-0.39, 0.29) is 5.82 Å². The van der Waals surface area contributed by atoms with Crippen molar-refractivity contribution in [3.63, 3.8) is 0 Å². The number of nitrogens with zero attached hydrogens (tertiary/aromatic N) is 4. The first kappa shape index (κ1) is 16.2. The van der Waals surface area contributed by atoms with E-state index in [9.17, 15) is 4.39 Å². The summed E-state index contributed by atoms with van der Waals surface area (Å²) in [5.41, 5.74) is 6.87. The fourth-order valence-corrected chi connectivity index (χ4v) is 3.68. The van der Waals surface area contributed by atoms with Crippen LogP contribution in [-0.4, -0.2) is 42.0 Å². The highest BCUT2D eigenvalue weighted by Gasteiger charge is 2.19. The van der Waals surface area contributed by atoms with Crippen molar-refractivity contribution in [2.24, 2.45) is 10.7 Å². The van der Waals surface area contributed by atoms with E-state index in [1.165, 1.54) is 12.1 Å². The lowest BCUT2D eigenvalue weighted by atomic mass is 10.2. The molecule has 0 spiro atoms. The third kappa shape index (κ3) is 4.20. The molecule has 1 aliphatic rings. The molecule has 0 radical (unpaired) electrons. The lowest BCUT2D eigenvalue weighted by Gasteiger charge is -2.35. The maximum atomic E-state index is 13.4. The van der Waals surface area contributed by atoms with Gasteiger partial charge >= 0.3 is 0 Å². The smallest absolute Gasteiger partial charge is 0.191 e. The third-order valence-corrected chi connectivity index (χ3v) is 4.93. The Morgan fingerprint density at radius 2 is 2.09 bits per heavy atom. The van der Waals surface area contributed by atoms with E-state index in [2.05, 4.69) is 35.7 Å². The second-order valence-corrected chi connectivity index (χ2v) is 7.03. The quantitative estimate of drug-likeness (QED) is 0.638. The molecule has 23 heavy (non-hydrogen) atoms. The summed E-state index contributed by atoms with van der Waals surface area (Å²) in [7, 11) is 0. The van der Waals surface area contributed by atoms with E-state index in [0.29, 0.717) is 17.0 Å². The summed E-state index contributed by atoms with van der Waals surface area (Å²) < 4.78 is 14.1. The molecule has 1 aromatic heterocycles. The Morgan fingerprint density at radius 3 is 2.74 bits per heavy atom. The van der Waals surface area contributed by atoms with Crippen LogP contribution in [0.25, 0.3) is 0 Å². The zero-order valence-electron chi connectivity index (χ0n) is 12.5. The van der Waals surface area contributed by atoms with Gasteiger partial charge < -0.3 is 15.5 Å². The molecule has 0 atom stereocenters. The van der Waals surface area contributed by atoms with Gasteiger partial charge in [-0.15, -0.1) is 11.3 Å². The third-order valence-electron chi connectivity index (χ3n) is 3.64. The SMILES string of the molecule is NC(=NCc1cc(F)cc(Br)c1)N1CCN(c2nccs2)CC1. The lowest BCUT2D eigenvalue weighted by Crippen LogP contribution is -2.51. The zero-order valence-corrected chi connectivity index (χ0v) is 14.9. The number of aliphatic imine (C=N–C) groups is 1. The molecule has 2 heterocycles. The van der Waals surface area contributed by atoms with Gasteiger partial charge in [0.15, 0.2) is 11.1 Å². The van der Waals surface area contributed by atoms with Gasteiger partial charge in [0.2, 0.25) is 0 Å². The minimum absolute atomic E-state index is 0.278. The molecule has 0 aliphatic carbocycles. The maximum absolute atomic E-state index is 13.4. The average molecular weight is 398 g/mol. The topological polar surface area (TPSA) is 57.8 Å². The first-order chi connectivity index (χ1) is 11.1. The number of nitrogens with two attached hydrogens (primary N) is 1. The minimum Gasteiger partial charge on any atom is -0.370 e. The van der Waals surface area contributed by atoms with Crippen molar-refractivity contribution in [1.82, 2.24) is 9.88 Å². The van der Waals surface area contributed by atoms with Crippen LogP contribution in [0, 0.1) is 5.82 Å². The minimum atomic E-state index is -0.278. The standard InChI is InChI=1S/C15H17BrFN5S/c16-12-7-11(8-13(17)9-12)10-20-14(18)21-2-4-22(5-3-21)15-19-1-6-23-15/h1,6-9H,2-5,10H2,(H2,18,20). The molecule has 1 aliphatic heterocycles. The Labute approximate surface area is 146 Å². The summed E-state index contributed by atoms with van der Waals surface area (Å²) >= 11 is 4.93. The zero-order chi connectivity index (χ0) is 16.2. The van der Waals surface area contributed by atoms with Gasteiger partial charge in [0.25, 0.3) is 0 Å². The maximum Gasteiger partial charge on any atom is 0.191 e. The highest BCUT2D eigenvalue weighted by atomic mass is 79.9. The number of guanidine groups is 1. The summed E-state index contributed by atoms with van der Waals surface area (Å²) in [5.74, 6) is 0.226. The van der Waals surface area contributed by atoms with Crippen molar-refractivity contribution < 1.29 is 4.39 Å². The summed E-state index contributed by atoms with van der Waals surface area (Å²) in [5, 5.41) is 3.03. The predicted octanol–water partition coefficient (Wildman–Crippen LogP) is 2.68. The Balaban J connectivity index is 1.57. The van der Waals surface area contributed by atoms with Gasteiger partial charge in [-0.05, 0) is 23.8 Å². The van der Waals surface area contributed by atoms with Crippen LogP contribution in [0.3, 0.4) is 0 Å². The van der Waals surface area contributed by atoms with Crippen LogP contribution in [0.1, 0.15) is 5.56 Å². The highest BCUT2D eigenvalue weighted by molar-refractivity contribution is 9.10. The van der Waals surface area contributed by atoms with Gasteiger partial charge in [-0.25, -0.2) is 14.4 Å². The molecule has 1 fully saturated rings. The van der Waals surface area contributed by atoms with E-state index in [4.69, 9.17) is 5.73 Å². The second-order valence-electron chi connectivity index (χ2n) is 5.24. The van der Waals surface area contributed by atoms with Crippen LogP contribution in [-0.2, 0) is 6.54 Å². The Hall–Kier alpha value is -1.67. The molecular formula is C15H17BrFN5S. The first-order valence-corrected chi connectivity index (χ1v) is 8.93. The number of aromatic nitrogens is 1. The van der Waals surface area contributed by atoms with Crippen LogP contribution in [0.15, 0.2) is 39.2 Å². The second kappa shape index (κ2) is 7.27. The van der Waals surface area contributed by atoms with E-state index in [0.717, 1.165) is 36.9 Å². The molecule has 1 aromatic carbocycles. The largest absolute Gasteiger partial charge is 0.370 e. The van der Waals surface area contributed by atoms with Crippen molar-refractivity contribution in [2.45, 2.75) is 6.54 Å². The Morgan fingerprint density at radius 1 is 1.30 bits per heavy atom. The van der Waals surface area contributed by atoms with Gasteiger partial charge in [0.05, 0.1) is 6.54 Å². The van der Waals surface area contributed by atoms with E-state index in [1.807, 2.05) is 17.6 Å². The lowest BCUT2D eigenvalue weighted by molar-refractivity contribution is 0.380. The van der Waals surface area contributed by atoms with Gasteiger partial charge in [-0.1, -0.05) is 15.9 Å². The molecule has 122 valence electrons. The molecule has 8 heteroatoms. The summed E-state index contributed by atoms with van der Waals surface area (Å²) in [6, 6.07) is 4.75. The Kier molecular flexibility index (Phi) is 5.12. The van der Waals surface area contributed by atoms with Crippen LogP contribution in [0.4, 0.5) is 9.52 Å². The number of hydrogen-bond acceptors (Lipinski definition) is 4. The van der Waals surface area contributed by atoms with Gasteiger partial charge in [0, 0.05) is 42.2 Å². The molecular weight excluding hydrogens is 381 g/mol. The highest BCUT2D eigenvalue weighted by Crippen LogP contribution is 2.19.